The van der Waals surface area contributed by atoms with Crippen molar-refractivity contribution >= 4 is 22.6 Å². The number of methoxy groups -OCH3 is 1. The molecule has 0 aliphatic heterocycles. The standard InChI is InChI=1S/C15H18N2O2/c1-17(2)13-7-8-14-11(10-13)4-5-12(16-14)6-9-15(18)19-3/h4-5,7-8,10H,6,9H2,1-3H3. The summed E-state index contributed by atoms with van der Waals surface area (Å²) in [5.41, 5.74) is 3.01. The van der Waals surface area contributed by atoms with Gasteiger partial charge in [-0.25, -0.2) is 0 Å². The van der Waals surface area contributed by atoms with Crippen LogP contribution in [-0.4, -0.2) is 32.2 Å². The Morgan fingerprint density at radius 3 is 2.74 bits per heavy atom. The van der Waals surface area contributed by atoms with E-state index in [1.165, 1.54) is 7.11 Å². The van der Waals surface area contributed by atoms with Gasteiger partial charge >= 0.3 is 5.97 Å². The van der Waals surface area contributed by atoms with Gasteiger partial charge in [-0.1, -0.05) is 6.07 Å². The van der Waals surface area contributed by atoms with Gasteiger partial charge in [0.25, 0.3) is 0 Å². The number of pyridine rings is 1. The van der Waals surface area contributed by atoms with E-state index >= 15 is 0 Å². The van der Waals surface area contributed by atoms with Crippen LogP contribution in [0, 0.1) is 0 Å². The minimum atomic E-state index is -0.204. The summed E-state index contributed by atoms with van der Waals surface area (Å²) in [6.45, 7) is 0. The first kappa shape index (κ1) is 13.3. The van der Waals surface area contributed by atoms with Crippen molar-refractivity contribution < 1.29 is 9.53 Å². The molecule has 0 spiro atoms. The van der Waals surface area contributed by atoms with E-state index in [9.17, 15) is 4.79 Å². The molecule has 0 aliphatic rings. The average Bonchev–Trinajstić information content (AvgIpc) is 2.43. The number of ether oxygens (including phenoxy) is 1. The van der Waals surface area contributed by atoms with Crippen LogP contribution < -0.4 is 4.90 Å². The summed E-state index contributed by atoms with van der Waals surface area (Å²) in [5.74, 6) is -0.204. The van der Waals surface area contributed by atoms with Crippen molar-refractivity contribution in [3.63, 3.8) is 0 Å². The number of fused-ring (bicyclic) bond motifs is 1. The van der Waals surface area contributed by atoms with Crippen LogP contribution in [0.15, 0.2) is 30.3 Å². The van der Waals surface area contributed by atoms with E-state index in [-0.39, 0.29) is 5.97 Å². The van der Waals surface area contributed by atoms with Crippen molar-refractivity contribution in [1.29, 1.82) is 0 Å². The molecular weight excluding hydrogens is 240 g/mol. The van der Waals surface area contributed by atoms with Gasteiger partial charge in [-0.3, -0.25) is 9.78 Å². The molecule has 0 unspecified atom stereocenters. The molecule has 2 aromatic rings. The number of anilines is 1. The van der Waals surface area contributed by atoms with E-state index in [1.807, 2.05) is 38.4 Å². The Kier molecular flexibility index (Phi) is 4.00. The summed E-state index contributed by atoms with van der Waals surface area (Å²) in [5, 5.41) is 1.10. The quantitative estimate of drug-likeness (QED) is 0.790. The van der Waals surface area contributed by atoms with E-state index in [0.29, 0.717) is 12.8 Å². The van der Waals surface area contributed by atoms with Crippen LogP contribution in [0.4, 0.5) is 5.69 Å². The molecule has 0 bridgehead atoms. The van der Waals surface area contributed by atoms with Gasteiger partial charge in [0, 0.05) is 37.3 Å². The molecule has 0 amide bonds. The van der Waals surface area contributed by atoms with Crippen LogP contribution >= 0.6 is 0 Å². The van der Waals surface area contributed by atoms with Crippen LogP contribution in [0.1, 0.15) is 12.1 Å². The highest BCUT2D eigenvalue weighted by atomic mass is 16.5. The molecule has 0 N–H and O–H groups in total. The first-order valence-electron chi connectivity index (χ1n) is 6.24. The molecule has 2 rings (SSSR count). The Hall–Kier alpha value is -2.10. The molecule has 0 atom stereocenters. The number of nitrogens with zero attached hydrogens (tertiary/aromatic N) is 2. The minimum Gasteiger partial charge on any atom is -0.469 e. The molecule has 19 heavy (non-hydrogen) atoms. The number of aryl methyl sites for hydroxylation is 1. The van der Waals surface area contributed by atoms with Crippen LogP contribution in [-0.2, 0) is 16.0 Å². The number of benzene rings is 1. The van der Waals surface area contributed by atoms with E-state index in [0.717, 1.165) is 22.3 Å². The highest BCUT2D eigenvalue weighted by Crippen LogP contribution is 2.20. The number of esters is 1. The zero-order valence-electron chi connectivity index (χ0n) is 11.5. The second-order valence-corrected chi connectivity index (χ2v) is 4.65. The molecule has 1 aromatic heterocycles. The van der Waals surface area contributed by atoms with Gasteiger partial charge in [0.15, 0.2) is 0 Å². The number of hydrogen-bond donors (Lipinski definition) is 0. The molecule has 0 fully saturated rings. The maximum Gasteiger partial charge on any atom is 0.305 e. The molecule has 0 saturated carbocycles. The Morgan fingerprint density at radius 1 is 1.26 bits per heavy atom. The van der Waals surface area contributed by atoms with Crippen molar-refractivity contribution in [3.8, 4) is 0 Å². The Bertz CT molecular complexity index is 594. The fourth-order valence-electron chi connectivity index (χ4n) is 1.90. The van der Waals surface area contributed by atoms with Crippen molar-refractivity contribution in [2.75, 3.05) is 26.1 Å². The lowest BCUT2D eigenvalue weighted by Gasteiger charge is -2.13. The summed E-state index contributed by atoms with van der Waals surface area (Å²) >= 11 is 0. The van der Waals surface area contributed by atoms with Gasteiger partial charge < -0.3 is 9.64 Å². The topological polar surface area (TPSA) is 42.4 Å². The van der Waals surface area contributed by atoms with Crippen LogP contribution in [0.2, 0.25) is 0 Å². The number of carbonyl (C=O) groups is 1. The fourth-order valence-corrected chi connectivity index (χ4v) is 1.90. The van der Waals surface area contributed by atoms with Crippen molar-refractivity contribution in [2.24, 2.45) is 0 Å². The maximum atomic E-state index is 11.1. The lowest BCUT2D eigenvalue weighted by molar-refractivity contribution is -0.140. The van der Waals surface area contributed by atoms with Crippen LogP contribution in [0.25, 0.3) is 10.9 Å². The molecule has 100 valence electrons. The van der Waals surface area contributed by atoms with Gasteiger partial charge in [0.2, 0.25) is 0 Å². The number of carbonyl (C=O) groups excluding carboxylic acids is 1. The van der Waals surface area contributed by atoms with Crippen molar-refractivity contribution in [1.82, 2.24) is 4.98 Å². The highest BCUT2D eigenvalue weighted by molar-refractivity contribution is 5.82. The summed E-state index contributed by atoms with van der Waals surface area (Å²) in [6.07, 6.45) is 0.975. The number of aromatic nitrogens is 1. The highest BCUT2D eigenvalue weighted by Gasteiger charge is 2.04. The second kappa shape index (κ2) is 5.69. The van der Waals surface area contributed by atoms with E-state index in [1.54, 1.807) is 0 Å². The molecule has 1 heterocycles. The molecular formula is C15H18N2O2. The predicted molar refractivity (Wildman–Crippen MR) is 76.4 cm³/mol. The largest absolute Gasteiger partial charge is 0.469 e. The maximum absolute atomic E-state index is 11.1. The molecule has 0 radical (unpaired) electrons. The first-order chi connectivity index (χ1) is 9.10. The predicted octanol–water partition coefficient (Wildman–Crippen LogP) is 2.41. The molecule has 4 heteroatoms. The third-order valence-corrected chi connectivity index (χ3v) is 3.06. The number of hydrogen-bond acceptors (Lipinski definition) is 4. The Morgan fingerprint density at radius 2 is 2.05 bits per heavy atom. The van der Waals surface area contributed by atoms with Gasteiger partial charge in [-0.2, -0.15) is 0 Å². The van der Waals surface area contributed by atoms with Crippen molar-refractivity contribution in [2.45, 2.75) is 12.8 Å². The Balaban J connectivity index is 2.21. The Labute approximate surface area is 113 Å². The van der Waals surface area contributed by atoms with Gasteiger partial charge in [-0.05, 0) is 24.3 Å². The zero-order valence-corrected chi connectivity index (χ0v) is 11.5. The van der Waals surface area contributed by atoms with Gasteiger partial charge in [0.1, 0.15) is 0 Å². The lowest BCUT2D eigenvalue weighted by Crippen LogP contribution is -2.08. The second-order valence-electron chi connectivity index (χ2n) is 4.65. The van der Waals surface area contributed by atoms with E-state index in [4.69, 9.17) is 0 Å². The SMILES string of the molecule is COC(=O)CCc1ccc2cc(N(C)C)ccc2n1. The summed E-state index contributed by atoms with van der Waals surface area (Å²) in [6, 6.07) is 10.2. The third kappa shape index (κ3) is 3.22. The number of rotatable bonds is 4. The van der Waals surface area contributed by atoms with Crippen LogP contribution in [0.5, 0.6) is 0 Å². The smallest absolute Gasteiger partial charge is 0.305 e. The first-order valence-corrected chi connectivity index (χ1v) is 6.24. The molecule has 4 nitrogen and oxygen atoms in total. The van der Waals surface area contributed by atoms with E-state index < -0.39 is 0 Å². The van der Waals surface area contributed by atoms with Crippen LogP contribution in [0.3, 0.4) is 0 Å². The molecule has 0 aliphatic carbocycles. The van der Waals surface area contributed by atoms with Crippen molar-refractivity contribution in [3.05, 3.63) is 36.0 Å². The summed E-state index contributed by atoms with van der Waals surface area (Å²) < 4.78 is 4.63. The lowest BCUT2D eigenvalue weighted by atomic mass is 10.1. The zero-order chi connectivity index (χ0) is 13.8. The minimum absolute atomic E-state index is 0.204. The summed E-state index contributed by atoms with van der Waals surface area (Å²) in [4.78, 5) is 17.7. The van der Waals surface area contributed by atoms with E-state index in [2.05, 4.69) is 20.7 Å². The monoisotopic (exact) mass is 258 g/mol. The third-order valence-electron chi connectivity index (χ3n) is 3.06. The normalized spacial score (nSPS) is 10.5. The van der Waals surface area contributed by atoms with Gasteiger partial charge in [-0.15, -0.1) is 0 Å². The molecule has 1 aromatic carbocycles. The fraction of sp³-hybridized carbons (Fsp3) is 0.333. The molecule has 0 saturated heterocycles. The average molecular weight is 258 g/mol. The van der Waals surface area contributed by atoms with Gasteiger partial charge in [0.05, 0.1) is 19.0 Å². The summed E-state index contributed by atoms with van der Waals surface area (Å²) in [7, 11) is 5.43.